The average molecular weight is 305 g/mol. The number of pyridine rings is 1. The van der Waals surface area contributed by atoms with Gasteiger partial charge in [0.15, 0.2) is 5.69 Å². The zero-order valence-electron chi connectivity index (χ0n) is 10.5. The standard InChI is InChI=1S/C11H10F3N3O2S/c1-17(19-2)10(18)16-7-5-8-6(3-4-20-8)15-9(7)11(12,13)14/h3-5H,1-2H3,(H,16,18). The second kappa shape index (κ2) is 5.25. The summed E-state index contributed by atoms with van der Waals surface area (Å²) in [5, 5.41) is 4.54. The van der Waals surface area contributed by atoms with E-state index in [1.165, 1.54) is 37.6 Å². The highest BCUT2D eigenvalue weighted by atomic mass is 32.1. The molecule has 0 aliphatic heterocycles. The van der Waals surface area contributed by atoms with Crippen molar-refractivity contribution in [1.82, 2.24) is 10.0 Å². The SMILES string of the molecule is CON(C)C(=O)Nc1cc2sccc2nc1C(F)(F)F. The van der Waals surface area contributed by atoms with E-state index in [1.807, 2.05) is 0 Å². The van der Waals surface area contributed by atoms with Crippen molar-refractivity contribution in [2.75, 3.05) is 19.5 Å². The number of thiophene rings is 1. The molecule has 9 heteroatoms. The van der Waals surface area contributed by atoms with Crippen LogP contribution < -0.4 is 5.32 Å². The van der Waals surface area contributed by atoms with E-state index in [0.29, 0.717) is 4.70 Å². The van der Waals surface area contributed by atoms with E-state index in [1.54, 1.807) is 5.38 Å². The van der Waals surface area contributed by atoms with Crippen LogP contribution in [0, 0.1) is 0 Å². The van der Waals surface area contributed by atoms with Crippen LogP contribution in [0.3, 0.4) is 0 Å². The van der Waals surface area contributed by atoms with Gasteiger partial charge in [-0.05, 0) is 17.5 Å². The van der Waals surface area contributed by atoms with Crippen LogP contribution in [-0.2, 0) is 11.0 Å². The Bertz CT molecular complexity index is 641. The first-order valence-electron chi connectivity index (χ1n) is 5.37. The number of amides is 2. The van der Waals surface area contributed by atoms with E-state index in [-0.39, 0.29) is 5.52 Å². The van der Waals surface area contributed by atoms with E-state index in [4.69, 9.17) is 0 Å². The van der Waals surface area contributed by atoms with Gasteiger partial charge in [-0.15, -0.1) is 11.3 Å². The minimum Gasteiger partial charge on any atom is -0.304 e. The summed E-state index contributed by atoms with van der Waals surface area (Å²) in [4.78, 5) is 19.8. The molecule has 5 nitrogen and oxygen atoms in total. The van der Waals surface area contributed by atoms with E-state index < -0.39 is 23.6 Å². The first-order chi connectivity index (χ1) is 9.32. The molecule has 2 aromatic rings. The Morgan fingerprint density at radius 2 is 2.20 bits per heavy atom. The summed E-state index contributed by atoms with van der Waals surface area (Å²) in [7, 11) is 2.50. The van der Waals surface area contributed by atoms with Crippen LogP contribution in [0.25, 0.3) is 10.2 Å². The fraction of sp³-hybridized carbons (Fsp3) is 0.273. The first kappa shape index (κ1) is 14.5. The number of urea groups is 1. The van der Waals surface area contributed by atoms with Gasteiger partial charge >= 0.3 is 12.2 Å². The molecule has 2 rings (SSSR count). The number of aromatic nitrogens is 1. The van der Waals surface area contributed by atoms with E-state index in [0.717, 1.165) is 5.06 Å². The number of carbonyl (C=O) groups is 1. The Balaban J connectivity index is 2.46. The molecule has 0 bridgehead atoms. The summed E-state index contributed by atoms with van der Waals surface area (Å²) >= 11 is 1.24. The molecular weight excluding hydrogens is 295 g/mol. The van der Waals surface area contributed by atoms with Gasteiger partial charge < -0.3 is 5.32 Å². The van der Waals surface area contributed by atoms with Gasteiger partial charge in [-0.3, -0.25) is 4.84 Å². The van der Waals surface area contributed by atoms with E-state index >= 15 is 0 Å². The number of rotatable bonds is 2. The lowest BCUT2D eigenvalue weighted by Crippen LogP contribution is -2.31. The van der Waals surface area contributed by atoms with Gasteiger partial charge in [0.25, 0.3) is 0 Å². The lowest BCUT2D eigenvalue weighted by molar-refractivity contribution is -0.140. The van der Waals surface area contributed by atoms with Crippen LogP contribution in [0.15, 0.2) is 17.5 Å². The molecule has 20 heavy (non-hydrogen) atoms. The van der Waals surface area contributed by atoms with Gasteiger partial charge in [-0.1, -0.05) is 0 Å². The van der Waals surface area contributed by atoms with Crippen LogP contribution in [0.1, 0.15) is 5.69 Å². The molecule has 0 aromatic carbocycles. The molecule has 108 valence electrons. The average Bonchev–Trinajstić information content (AvgIpc) is 2.82. The van der Waals surface area contributed by atoms with E-state index in [9.17, 15) is 18.0 Å². The van der Waals surface area contributed by atoms with Gasteiger partial charge in [0.05, 0.1) is 23.0 Å². The number of nitrogens with one attached hydrogen (secondary N) is 1. The van der Waals surface area contributed by atoms with Crippen molar-refractivity contribution in [3.63, 3.8) is 0 Å². The van der Waals surface area contributed by atoms with Crippen molar-refractivity contribution < 1.29 is 22.8 Å². The van der Waals surface area contributed by atoms with Crippen molar-refractivity contribution in [2.24, 2.45) is 0 Å². The molecular formula is C11H10F3N3O2S. The molecule has 0 radical (unpaired) electrons. The number of hydroxylamine groups is 2. The monoisotopic (exact) mass is 305 g/mol. The summed E-state index contributed by atoms with van der Waals surface area (Å²) < 4.78 is 39.4. The molecule has 1 N–H and O–H groups in total. The van der Waals surface area contributed by atoms with E-state index in [2.05, 4.69) is 15.1 Å². The minimum atomic E-state index is -4.66. The van der Waals surface area contributed by atoms with Crippen molar-refractivity contribution in [2.45, 2.75) is 6.18 Å². The molecule has 2 heterocycles. The van der Waals surface area contributed by atoms with Crippen LogP contribution in [0.4, 0.5) is 23.7 Å². The molecule has 2 aromatic heterocycles. The molecule has 0 unspecified atom stereocenters. The number of hydrogen-bond acceptors (Lipinski definition) is 4. The number of hydrogen-bond donors (Lipinski definition) is 1. The Labute approximate surface area is 115 Å². The summed E-state index contributed by atoms with van der Waals surface area (Å²) in [5.41, 5.74) is -1.30. The second-order valence-electron chi connectivity index (χ2n) is 3.80. The van der Waals surface area contributed by atoms with Gasteiger partial charge in [-0.25, -0.2) is 14.8 Å². The highest BCUT2D eigenvalue weighted by Gasteiger charge is 2.36. The quantitative estimate of drug-likeness (QED) is 0.866. The smallest absolute Gasteiger partial charge is 0.304 e. The first-order valence-corrected chi connectivity index (χ1v) is 6.25. The zero-order chi connectivity index (χ0) is 14.9. The molecule has 0 spiro atoms. The zero-order valence-corrected chi connectivity index (χ0v) is 11.3. The highest BCUT2D eigenvalue weighted by molar-refractivity contribution is 7.17. The molecule has 0 saturated heterocycles. The fourth-order valence-electron chi connectivity index (χ4n) is 1.48. The number of carbonyl (C=O) groups excluding carboxylic acids is 1. The Kier molecular flexibility index (Phi) is 3.82. The number of halogens is 3. The van der Waals surface area contributed by atoms with Gasteiger partial charge in [0.1, 0.15) is 0 Å². The van der Waals surface area contributed by atoms with Gasteiger partial charge in [0.2, 0.25) is 0 Å². The Morgan fingerprint density at radius 3 is 2.80 bits per heavy atom. The maximum atomic E-state index is 13.0. The molecule has 0 aliphatic rings. The predicted octanol–water partition coefficient (Wildman–Crippen LogP) is 3.34. The molecule has 0 atom stereocenters. The summed E-state index contributed by atoms with van der Waals surface area (Å²) in [6, 6.07) is 1.91. The minimum absolute atomic E-state index is 0.237. The van der Waals surface area contributed by atoms with Gasteiger partial charge in [0, 0.05) is 7.05 Å². The molecule has 0 aliphatic carbocycles. The van der Waals surface area contributed by atoms with Crippen molar-refractivity contribution >= 4 is 33.3 Å². The largest absolute Gasteiger partial charge is 0.435 e. The Morgan fingerprint density at radius 1 is 1.50 bits per heavy atom. The number of alkyl halides is 3. The fourth-order valence-corrected chi connectivity index (χ4v) is 2.25. The molecule has 2 amide bonds. The van der Waals surface area contributed by atoms with Crippen molar-refractivity contribution in [1.29, 1.82) is 0 Å². The van der Waals surface area contributed by atoms with Crippen LogP contribution >= 0.6 is 11.3 Å². The van der Waals surface area contributed by atoms with Gasteiger partial charge in [-0.2, -0.15) is 13.2 Å². The van der Waals surface area contributed by atoms with Crippen molar-refractivity contribution in [3.8, 4) is 0 Å². The van der Waals surface area contributed by atoms with Crippen LogP contribution in [0.5, 0.6) is 0 Å². The maximum absolute atomic E-state index is 13.0. The lowest BCUT2D eigenvalue weighted by atomic mass is 10.2. The topological polar surface area (TPSA) is 54.5 Å². The lowest BCUT2D eigenvalue weighted by Gasteiger charge is -2.17. The number of fused-ring (bicyclic) bond motifs is 1. The maximum Gasteiger partial charge on any atom is 0.435 e. The summed E-state index contributed by atoms with van der Waals surface area (Å²) in [6.07, 6.45) is -4.66. The van der Waals surface area contributed by atoms with Crippen molar-refractivity contribution in [3.05, 3.63) is 23.2 Å². The van der Waals surface area contributed by atoms with Crippen LogP contribution in [-0.4, -0.2) is 30.2 Å². The normalized spacial score (nSPS) is 11.7. The third kappa shape index (κ3) is 2.83. The number of anilines is 1. The Hall–Kier alpha value is -1.87. The second-order valence-corrected chi connectivity index (χ2v) is 4.74. The summed E-state index contributed by atoms with van der Waals surface area (Å²) in [6.45, 7) is 0. The summed E-state index contributed by atoms with van der Waals surface area (Å²) in [5.74, 6) is 0. The molecule has 0 saturated carbocycles. The predicted molar refractivity (Wildman–Crippen MR) is 68.4 cm³/mol. The third-order valence-electron chi connectivity index (χ3n) is 2.51. The highest BCUT2D eigenvalue weighted by Crippen LogP contribution is 2.36. The van der Waals surface area contributed by atoms with Crippen LogP contribution in [0.2, 0.25) is 0 Å². The molecule has 0 fully saturated rings. The number of nitrogens with zero attached hydrogens (tertiary/aromatic N) is 2. The third-order valence-corrected chi connectivity index (χ3v) is 3.36.